The van der Waals surface area contributed by atoms with Gasteiger partial charge in [-0.3, -0.25) is 14.7 Å². The first kappa shape index (κ1) is 22.8. The lowest BCUT2D eigenvalue weighted by Crippen LogP contribution is -2.41. The smallest absolute Gasteiger partial charge is 0.323 e. The molecule has 0 radical (unpaired) electrons. The quantitative estimate of drug-likeness (QED) is 0.698. The number of aromatic nitrogens is 2. The Hall–Kier alpha value is -2.88. The largest absolute Gasteiger partial charge is 0.433 e. The van der Waals surface area contributed by atoms with Gasteiger partial charge in [0.2, 0.25) is 5.91 Å². The molecule has 2 aromatic heterocycles. The van der Waals surface area contributed by atoms with Crippen LogP contribution in [0.2, 0.25) is 5.02 Å². The van der Waals surface area contributed by atoms with E-state index in [1.165, 1.54) is 34.3 Å². The van der Waals surface area contributed by atoms with Gasteiger partial charge in [0.1, 0.15) is 12.2 Å². The summed E-state index contributed by atoms with van der Waals surface area (Å²) < 4.78 is 38.3. The minimum atomic E-state index is -4.56. The van der Waals surface area contributed by atoms with Crippen molar-refractivity contribution in [1.82, 2.24) is 14.9 Å². The molecule has 166 valence electrons. The molecule has 1 N–H and O–H groups in total. The fourth-order valence-electron chi connectivity index (χ4n) is 3.41. The van der Waals surface area contributed by atoms with Crippen molar-refractivity contribution < 1.29 is 22.8 Å². The van der Waals surface area contributed by atoms with Crippen LogP contribution in [0.15, 0.2) is 36.8 Å². The maximum absolute atomic E-state index is 13.0. The van der Waals surface area contributed by atoms with Gasteiger partial charge in [-0.15, -0.1) is 0 Å². The lowest BCUT2D eigenvalue weighted by atomic mass is 10.0. The van der Waals surface area contributed by atoms with Crippen molar-refractivity contribution in [1.29, 1.82) is 0 Å². The Morgan fingerprint density at radius 2 is 2.03 bits per heavy atom. The first-order valence-corrected chi connectivity index (χ1v) is 9.94. The van der Waals surface area contributed by atoms with Crippen molar-refractivity contribution in [2.24, 2.45) is 5.92 Å². The Labute approximate surface area is 182 Å². The molecule has 1 atom stereocenters. The fourth-order valence-corrected chi connectivity index (χ4v) is 3.58. The van der Waals surface area contributed by atoms with Crippen LogP contribution >= 0.6 is 11.6 Å². The van der Waals surface area contributed by atoms with Gasteiger partial charge >= 0.3 is 12.2 Å². The summed E-state index contributed by atoms with van der Waals surface area (Å²) in [6, 6.07) is 2.83. The molecule has 2 aromatic rings. The highest BCUT2D eigenvalue weighted by Gasteiger charge is 2.40. The zero-order chi connectivity index (χ0) is 22.8. The minimum absolute atomic E-state index is 0.215. The van der Waals surface area contributed by atoms with Crippen LogP contribution in [0.4, 0.5) is 29.3 Å². The van der Waals surface area contributed by atoms with Gasteiger partial charge in [0.15, 0.2) is 0 Å². The molecule has 0 unspecified atom stereocenters. The molecule has 3 rings (SSSR count). The van der Waals surface area contributed by atoms with E-state index in [1.54, 1.807) is 0 Å². The van der Waals surface area contributed by atoms with Gasteiger partial charge in [0.25, 0.3) is 0 Å². The van der Waals surface area contributed by atoms with E-state index in [0.717, 1.165) is 12.3 Å². The maximum Gasteiger partial charge on any atom is 0.433 e. The van der Waals surface area contributed by atoms with E-state index in [2.05, 4.69) is 15.3 Å². The van der Waals surface area contributed by atoms with E-state index >= 15 is 0 Å². The zero-order valence-electron chi connectivity index (χ0n) is 16.9. The number of nitrogens with zero attached hydrogens (tertiary/aromatic N) is 4. The lowest BCUT2D eigenvalue weighted by molar-refractivity contribution is -0.141. The van der Waals surface area contributed by atoms with Crippen molar-refractivity contribution in [3.63, 3.8) is 0 Å². The van der Waals surface area contributed by atoms with Crippen LogP contribution in [-0.4, -0.2) is 45.9 Å². The van der Waals surface area contributed by atoms with Gasteiger partial charge in [-0.1, -0.05) is 25.4 Å². The molecule has 3 amide bonds. The molecule has 1 saturated heterocycles. The molecule has 0 saturated carbocycles. The summed E-state index contributed by atoms with van der Waals surface area (Å²) in [7, 11) is 0. The minimum Gasteiger partial charge on any atom is -0.323 e. The maximum atomic E-state index is 13.0. The van der Waals surface area contributed by atoms with E-state index in [4.69, 9.17) is 11.6 Å². The molecular weight excluding hydrogens is 435 g/mol. The standard InChI is InChI=1S/C20H21ClF3N5O2/c1-12(2)5-16-10-28(15-3-4-17(26-9-15)20(22,23)24)19(31)29(16)11-18(30)27-14-6-13(21)7-25-8-14/h3-4,6-9,12,16H,5,10-11H2,1-2H3,(H,27,30)/t16-/m0/s1. The summed E-state index contributed by atoms with van der Waals surface area (Å²) in [5, 5.41) is 3.00. The average molecular weight is 456 g/mol. The van der Waals surface area contributed by atoms with E-state index in [9.17, 15) is 22.8 Å². The van der Waals surface area contributed by atoms with Crippen LogP contribution in [0.3, 0.4) is 0 Å². The second-order valence-electron chi connectivity index (χ2n) is 7.64. The molecule has 7 nitrogen and oxygen atoms in total. The third-order valence-electron chi connectivity index (χ3n) is 4.71. The highest BCUT2D eigenvalue weighted by Crippen LogP contribution is 2.31. The Kier molecular flexibility index (Phi) is 6.68. The molecule has 1 aliphatic heterocycles. The monoisotopic (exact) mass is 455 g/mol. The van der Waals surface area contributed by atoms with Crippen molar-refractivity contribution in [2.75, 3.05) is 23.3 Å². The Balaban J connectivity index is 1.76. The van der Waals surface area contributed by atoms with Crippen LogP contribution in [0.25, 0.3) is 0 Å². The summed E-state index contributed by atoms with van der Waals surface area (Å²) in [5.41, 5.74) is -0.393. The number of amides is 3. The van der Waals surface area contributed by atoms with E-state index in [1.807, 2.05) is 13.8 Å². The first-order valence-electron chi connectivity index (χ1n) is 9.56. The number of nitrogens with one attached hydrogen (secondary N) is 1. The third-order valence-corrected chi connectivity index (χ3v) is 4.91. The molecule has 0 aromatic carbocycles. The molecule has 3 heterocycles. The summed E-state index contributed by atoms with van der Waals surface area (Å²) in [4.78, 5) is 35.6. The fraction of sp³-hybridized carbons (Fsp3) is 0.400. The Morgan fingerprint density at radius 1 is 1.29 bits per heavy atom. The highest BCUT2D eigenvalue weighted by molar-refractivity contribution is 6.30. The number of halogens is 4. The van der Waals surface area contributed by atoms with Crippen molar-refractivity contribution in [2.45, 2.75) is 32.5 Å². The average Bonchev–Trinajstić information content (AvgIpc) is 2.96. The van der Waals surface area contributed by atoms with Gasteiger partial charge in [-0.25, -0.2) is 9.78 Å². The lowest BCUT2D eigenvalue weighted by Gasteiger charge is -2.23. The SMILES string of the molecule is CC(C)C[C@H]1CN(c2ccc(C(F)(F)F)nc2)C(=O)N1CC(=O)Nc1cncc(Cl)c1. The number of hydrogen-bond donors (Lipinski definition) is 1. The Bertz CT molecular complexity index is 953. The van der Waals surface area contributed by atoms with E-state index in [-0.39, 0.29) is 30.7 Å². The number of urea groups is 1. The summed E-state index contributed by atoms with van der Waals surface area (Å²) in [5.74, 6) is -0.190. The number of carbonyl (C=O) groups is 2. The van der Waals surface area contributed by atoms with E-state index in [0.29, 0.717) is 17.1 Å². The highest BCUT2D eigenvalue weighted by atomic mass is 35.5. The zero-order valence-corrected chi connectivity index (χ0v) is 17.6. The summed E-state index contributed by atoms with van der Waals surface area (Å²) >= 11 is 5.87. The van der Waals surface area contributed by atoms with E-state index < -0.39 is 23.8 Å². The normalized spacial score (nSPS) is 16.9. The first-order chi connectivity index (χ1) is 14.5. The molecule has 0 bridgehead atoms. The van der Waals surface area contributed by atoms with Gasteiger partial charge in [0.05, 0.1) is 34.8 Å². The van der Waals surface area contributed by atoms with Gasteiger partial charge in [-0.2, -0.15) is 13.2 Å². The van der Waals surface area contributed by atoms with Crippen LogP contribution in [0, 0.1) is 5.92 Å². The second-order valence-corrected chi connectivity index (χ2v) is 8.08. The molecule has 11 heteroatoms. The topological polar surface area (TPSA) is 78.4 Å². The number of pyridine rings is 2. The predicted octanol–water partition coefficient (Wildman–Crippen LogP) is 4.44. The van der Waals surface area contributed by atoms with Gasteiger partial charge < -0.3 is 10.2 Å². The molecule has 0 spiro atoms. The number of alkyl halides is 3. The summed E-state index contributed by atoms with van der Waals surface area (Å²) in [6.07, 6.45) is -0.0546. The third kappa shape index (κ3) is 5.63. The second kappa shape index (κ2) is 9.09. The van der Waals surface area contributed by atoms with Crippen LogP contribution < -0.4 is 10.2 Å². The van der Waals surface area contributed by atoms with Crippen LogP contribution in [0.1, 0.15) is 26.0 Å². The number of hydrogen-bond acceptors (Lipinski definition) is 4. The Morgan fingerprint density at radius 3 is 2.61 bits per heavy atom. The molecule has 1 aliphatic rings. The molecule has 1 fully saturated rings. The molecule has 0 aliphatic carbocycles. The van der Waals surface area contributed by atoms with Crippen molar-refractivity contribution in [3.8, 4) is 0 Å². The molecular formula is C20H21ClF3N5O2. The van der Waals surface area contributed by atoms with Crippen LogP contribution in [0.5, 0.6) is 0 Å². The number of rotatable bonds is 6. The summed E-state index contributed by atoms with van der Waals surface area (Å²) in [6.45, 7) is 4.01. The predicted molar refractivity (Wildman–Crippen MR) is 110 cm³/mol. The van der Waals surface area contributed by atoms with Gasteiger partial charge in [0, 0.05) is 12.7 Å². The van der Waals surface area contributed by atoms with Crippen molar-refractivity contribution in [3.05, 3.63) is 47.5 Å². The van der Waals surface area contributed by atoms with Gasteiger partial charge in [-0.05, 0) is 30.5 Å². The number of anilines is 2. The van der Waals surface area contributed by atoms with Crippen molar-refractivity contribution >= 4 is 34.9 Å². The number of carbonyl (C=O) groups excluding carboxylic acids is 2. The molecule has 31 heavy (non-hydrogen) atoms. The van der Waals surface area contributed by atoms with Crippen LogP contribution in [-0.2, 0) is 11.0 Å².